The van der Waals surface area contributed by atoms with Crippen LogP contribution in [0.25, 0.3) is 0 Å². The molecular weight excluding hydrogens is 270 g/mol. The van der Waals surface area contributed by atoms with E-state index in [1.807, 2.05) is 4.90 Å². The minimum Gasteiger partial charge on any atom is -0.336 e. The van der Waals surface area contributed by atoms with Gasteiger partial charge in [0, 0.05) is 29.8 Å². The van der Waals surface area contributed by atoms with Crippen molar-refractivity contribution in [2.75, 3.05) is 13.1 Å². The molecule has 2 N–H and O–H groups in total. The molecule has 0 radical (unpaired) electrons. The van der Waals surface area contributed by atoms with Crippen LogP contribution in [0.2, 0.25) is 0 Å². The summed E-state index contributed by atoms with van der Waals surface area (Å²) in [4.78, 5) is 25.1. The number of benzene rings is 1. The fraction of sp³-hybridized carbons (Fsp3) is 0.533. The van der Waals surface area contributed by atoms with Gasteiger partial charge in [-0.15, -0.1) is 0 Å². The van der Waals surface area contributed by atoms with E-state index >= 15 is 0 Å². The summed E-state index contributed by atoms with van der Waals surface area (Å²) in [5, 5.41) is 11.0. The molecule has 0 aromatic heterocycles. The molecule has 21 heavy (non-hydrogen) atoms. The number of rotatable bonds is 4. The number of amides is 1. The smallest absolute Gasteiger partial charge is 0.273 e. The van der Waals surface area contributed by atoms with E-state index in [0.29, 0.717) is 24.2 Å². The zero-order valence-corrected chi connectivity index (χ0v) is 12.2. The Bertz CT molecular complexity index is 543. The Morgan fingerprint density at radius 3 is 2.90 bits per heavy atom. The topological polar surface area (TPSA) is 89.5 Å². The van der Waals surface area contributed by atoms with E-state index in [2.05, 4.69) is 0 Å². The van der Waals surface area contributed by atoms with Gasteiger partial charge >= 0.3 is 0 Å². The van der Waals surface area contributed by atoms with E-state index in [4.69, 9.17) is 5.73 Å². The van der Waals surface area contributed by atoms with Crippen LogP contribution in [0.4, 0.5) is 5.69 Å². The molecule has 1 aromatic carbocycles. The van der Waals surface area contributed by atoms with Gasteiger partial charge < -0.3 is 10.6 Å². The van der Waals surface area contributed by atoms with Crippen LogP contribution in [-0.2, 0) is 0 Å². The van der Waals surface area contributed by atoms with Crippen molar-refractivity contribution in [1.29, 1.82) is 0 Å². The number of piperidine rings is 1. The Labute approximate surface area is 124 Å². The summed E-state index contributed by atoms with van der Waals surface area (Å²) < 4.78 is 0. The number of nitrogens with two attached hydrogens (primary N) is 1. The SMILES string of the molecule is Cc1c(C(=O)N2CCCCC2CCN)cccc1[N+](=O)[O-]. The number of likely N-dealkylation sites (tertiary alicyclic amines) is 1. The predicted octanol–water partition coefficient (Wildman–Crippen LogP) is 2.25. The van der Waals surface area contributed by atoms with Gasteiger partial charge in [0.2, 0.25) is 0 Å². The van der Waals surface area contributed by atoms with Crippen LogP contribution in [0, 0.1) is 17.0 Å². The van der Waals surface area contributed by atoms with Crippen molar-refractivity contribution in [1.82, 2.24) is 4.90 Å². The Kier molecular flexibility index (Phi) is 4.90. The fourth-order valence-electron chi connectivity index (χ4n) is 2.97. The molecule has 6 nitrogen and oxygen atoms in total. The lowest BCUT2D eigenvalue weighted by Gasteiger charge is -2.36. The molecule has 1 fully saturated rings. The molecule has 1 aromatic rings. The molecule has 2 rings (SSSR count). The first-order chi connectivity index (χ1) is 10.1. The Morgan fingerprint density at radius 1 is 1.48 bits per heavy atom. The number of carbonyl (C=O) groups excluding carboxylic acids is 1. The molecule has 1 atom stereocenters. The van der Waals surface area contributed by atoms with Gasteiger partial charge in [-0.1, -0.05) is 6.07 Å². The van der Waals surface area contributed by atoms with E-state index < -0.39 is 4.92 Å². The summed E-state index contributed by atoms with van der Waals surface area (Å²) in [6.45, 7) is 2.88. The normalized spacial score (nSPS) is 18.6. The highest BCUT2D eigenvalue weighted by molar-refractivity contribution is 5.96. The highest BCUT2D eigenvalue weighted by atomic mass is 16.6. The van der Waals surface area contributed by atoms with Gasteiger partial charge in [-0.25, -0.2) is 0 Å². The maximum absolute atomic E-state index is 12.7. The number of hydrogen-bond acceptors (Lipinski definition) is 4. The van der Waals surface area contributed by atoms with Crippen molar-refractivity contribution in [3.05, 3.63) is 39.4 Å². The number of nitro benzene ring substituents is 1. The van der Waals surface area contributed by atoms with Crippen LogP contribution in [0.1, 0.15) is 41.6 Å². The monoisotopic (exact) mass is 291 g/mol. The lowest BCUT2D eigenvalue weighted by Crippen LogP contribution is -2.44. The largest absolute Gasteiger partial charge is 0.336 e. The second-order valence-corrected chi connectivity index (χ2v) is 5.43. The van der Waals surface area contributed by atoms with Gasteiger partial charge in [-0.05, 0) is 45.2 Å². The van der Waals surface area contributed by atoms with E-state index in [1.54, 1.807) is 19.1 Å². The van der Waals surface area contributed by atoms with Gasteiger partial charge in [0.15, 0.2) is 0 Å². The molecule has 1 amide bonds. The maximum atomic E-state index is 12.7. The van der Waals surface area contributed by atoms with E-state index in [1.165, 1.54) is 6.07 Å². The first-order valence-electron chi connectivity index (χ1n) is 7.31. The van der Waals surface area contributed by atoms with E-state index in [0.717, 1.165) is 25.7 Å². The fourth-order valence-corrected chi connectivity index (χ4v) is 2.97. The van der Waals surface area contributed by atoms with Crippen LogP contribution in [0.3, 0.4) is 0 Å². The maximum Gasteiger partial charge on any atom is 0.273 e. The summed E-state index contributed by atoms with van der Waals surface area (Å²) in [5.41, 5.74) is 6.48. The van der Waals surface area contributed by atoms with Crippen molar-refractivity contribution in [2.24, 2.45) is 5.73 Å². The second kappa shape index (κ2) is 6.67. The molecule has 0 spiro atoms. The average molecular weight is 291 g/mol. The zero-order chi connectivity index (χ0) is 15.4. The van der Waals surface area contributed by atoms with E-state index in [9.17, 15) is 14.9 Å². The predicted molar refractivity (Wildman–Crippen MR) is 80.2 cm³/mol. The van der Waals surface area contributed by atoms with Crippen molar-refractivity contribution >= 4 is 11.6 Å². The second-order valence-electron chi connectivity index (χ2n) is 5.43. The number of nitro groups is 1. The third-order valence-electron chi connectivity index (χ3n) is 4.12. The molecule has 1 saturated heterocycles. The lowest BCUT2D eigenvalue weighted by molar-refractivity contribution is -0.385. The standard InChI is InChI=1S/C15H21N3O3/c1-11-13(6-4-7-14(11)18(20)21)15(19)17-10-3-2-5-12(17)8-9-16/h4,6-7,12H,2-3,5,8-10,16H2,1H3. The van der Waals surface area contributed by atoms with E-state index in [-0.39, 0.29) is 17.6 Å². The van der Waals surface area contributed by atoms with Gasteiger partial charge in [-0.3, -0.25) is 14.9 Å². The van der Waals surface area contributed by atoms with Crippen LogP contribution < -0.4 is 5.73 Å². The van der Waals surface area contributed by atoms with Crippen LogP contribution in [0.5, 0.6) is 0 Å². The van der Waals surface area contributed by atoms with Crippen LogP contribution in [0.15, 0.2) is 18.2 Å². The molecule has 0 aliphatic carbocycles. The van der Waals surface area contributed by atoms with Gasteiger partial charge in [-0.2, -0.15) is 0 Å². The molecule has 1 heterocycles. The third kappa shape index (κ3) is 3.21. The van der Waals surface area contributed by atoms with Crippen molar-refractivity contribution in [3.63, 3.8) is 0 Å². The molecule has 1 aliphatic rings. The molecule has 1 aliphatic heterocycles. The van der Waals surface area contributed by atoms with Gasteiger partial charge in [0.1, 0.15) is 0 Å². The zero-order valence-electron chi connectivity index (χ0n) is 12.2. The third-order valence-corrected chi connectivity index (χ3v) is 4.12. The molecule has 114 valence electrons. The summed E-state index contributed by atoms with van der Waals surface area (Å²) >= 11 is 0. The highest BCUT2D eigenvalue weighted by Crippen LogP contribution is 2.26. The first kappa shape index (κ1) is 15.4. The molecule has 0 saturated carbocycles. The number of hydrogen-bond donors (Lipinski definition) is 1. The van der Waals surface area contributed by atoms with Crippen LogP contribution in [-0.4, -0.2) is 34.9 Å². The Morgan fingerprint density at radius 2 is 2.24 bits per heavy atom. The van der Waals surface area contributed by atoms with Crippen molar-refractivity contribution in [3.8, 4) is 0 Å². The van der Waals surface area contributed by atoms with Crippen molar-refractivity contribution < 1.29 is 9.72 Å². The Hall–Kier alpha value is -1.95. The lowest BCUT2D eigenvalue weighted by atomic mass is 9.97. The summed E-state index contributed by atoms with van der Waals surface area (Å²) in [7, 11) is 0. The first-order valence-corrected chi connectivity index (χ1v) is 7.31. The number of carbonyl (C=O) groups is 1. The molecular formula is C15H21N3O3. The molecule has 1 unspecified atom stereocenters. The Balaban J connectivity index is 2.30. The summed E-state index contributed by atoms with van der Waals surface area (Å²) in [6.07, 6.45) is 3.81. The van der Waals surface area contributed by atoms with Gasteiger partial charge in [0.05, 0.1) is 4.92 Å². The minimum atomic E-state index is -0.445. The van der Waals surface area contributed by atoms with Crippen LogP contribution >= 0.6 is 0 Å². The summed E-state index contributed by atoms with van der Waals surface area (Å²) in [5.74, 6) is -0.116. The average Bonchev–Trinajstić information content (AvgIpc) is 2.47. The summed E-state index contributed by atoms with van der Waals surface area (Å²) in [6, 6.07) is 4.81. The molecule has 6 heteroatoms. The number of nitrogens with zero attached hydrogens (tertiary/aromatic N) is 2. The van der Waals surface area contributed by atoms with Crippen molar-refractivity contribution in [2.45, 2.75) is 38.6 Å². The van der Waals surface area contributed by atoms with Gasteiger partial charge in [0.25, 0.3) is 11.6 Å². The minimum absolute atomic E-state index is 0.00626. The highest BCUT2D eigenvalue weighted by Gasteiger charge is 2.29. The quantitative estimate of drug-likeness (QED) is 0.680. The molecule has 0 bridgehead atoms.